The van der Waals surface area contributed by atoms with Crippen LogP contribution in [-0.4, -0.2) is 25.0 Å². The topological polar surface area (TPSA) is 59.8 Å². The molecular formula is C21H25BrN4O. The Balaban J connectivity index is 1.26. The Labute approximate surface area is 168 Å². The highest BCUT2D eigenvalue weighted by Crippen LogP contribution is 2.64. The van der Waals surface area contributed by atoms with Crippen molar-refractivity contribution in [1.82, 2.24) is 20.1 Å². The molecule has 1 amide bonds. The summed E-state index contributed by atoms with van der Waals surface area (Å²) in [7, 11) is 0. The van der Waals surface area contributed by atoms with Gasteiger partial charge in [-0.1, -0.05) is 40.2 Å². The summed E-state index contributed by atoms with van der Waals surface area (Å²) >= 11 is 4.00. The second kappa shape index (κ2) is 6.43. The van der Waals surface area contributed by atoms with Crippen LogP contribution >= 0.6 is 15.9 Å². The van der Waals surface area contributed by atoms with Crippen molar-refractivity contribution in [3.8, 4) is 0 Å². The quantitative estimate of drug-likeness (QED) is 0.738. The van der Waals surface area contributed by atoms with Crippen LogP contribution in [-0.2, 0) is 17.9 Å². The second-order valence-electron chi connectivity index (χ2n) is 8.99. The summed E-state index contributed by atoms with van der Waals surface area (Å²) in [5.74, 6) is 1.71. The Kier molecular flexibility index (Phi) is 4.15. The molecule has 1 heterocycles. The van der Waals surface area contributed by atoms with E-state index in [2.05, 4.69) is 49.5 Å². The lowest BCUT2D eigenvalue weighted by Crippen LogP contribution is -2.58. The van der Waals surface area contributed by atoms with Crippen molar-refractivity contribution >= 4 is 21.8 Å². The van der Waals surface area contributed by atoms with Crippen molar-refractivity contribution < 1.29 is 4.79 Å². The first-order valence-electron chi connectivity index (χ1n) is 9.89. The molecule has 2 aromatic rings. The number of hydrogen-bond donors (Lipinski definition) is 1. The highest BCUT2D eigenvalue weighted by Gasteiger charge is 2.59. The zero-order valence-corrected chi connectivity index (χ0v) is 17.0. The van der Waals surface area contributed by atoms with E-state index in [9.17, 15) is 4.79 Å². The van der Waals surface area contributed by atoms with E-state index in [0.29, 0.717) is 13.1 Å². The third-order valence-electron chi connectivity index (χ3n) is 6.73. The highest BCUT2D eigenvalue weighted by molar-refractivity contribution is 9.10. The van der Waals surface area contributed by atoms with Gasteiger partial charge in [0.25, 0.3) is 0 Å². The van der Waals surface area contributed by atoms with E-state index in [-0.39, 0.29) is 15.6 Å². The number of rotatable bonds is 5. The molecule has 0 saturated heterocycles. The summed E-state index contributed by atoms with van der Waals surface area (Å²) in [5, 5.41) is 7.42. The molecular weight excluding hydrogens is 404 g/mol. The fourth-order valence-electron chi connectivity index (χ4n) is 6.13. The SMILES string of the molecule is O=C(NCc1cccc(Cn2cncn2)c1)C12CC3CC(CC(Br)(C3)C1)C2. The smallest absolute Gasteiger partial charge is 0.226 e. The molecule has 4 saturated carbocycles. The molecule has 2 atom stereocenters. The average molecular weight is 429 g/mol. The molecule has 4 fully saturated rings. The van der Waals surface area contributed by atoms with Gasteiger partial charge >= 0.3 is 0 Å². The van der Waals surface area contributed by atoms with Gasteiger partial charge in [-0.25, -0.2) is 9.67 Å². The first-order valence-corrected chi connectivity index (χ1v) is 10.7. The molecule has 1 aromatic heterocycles. The van der Waals surface area contributed by atoms with Crippen LogP contribution in [0.1, 0.15) is 49.7 Å². The molecule has 142 valence electrons. The molecule has 0 aliphatic heterocycles. The summed E-state index contributed by atoms with van der Waals surface area (Å²) in [6.07, 6.45) is 10.3. The number of halogens is 1. The van der Waals surface area contributed by atoms with Crippen molar-refractivity contribution in [2.24, 2.45) is 17.3 Å². The fourth-order valence-corrected chi connectivity index (χ4v) is 7.58. The van der Waals surface area contributed by atoms with Gasteiger partial charge in [-0.3, -0.25) is 4.79 Å². The van der Waals surface area contributed by atoms with Gasteiger partial charge in [-0.05, 0) is 61.5 Å². The van der Waals surface area contributed by atoms with Crippen LogP contribution in [0, 0.1) is 17.3 Å². The molecule has 6 heteroatoms. The number of alkyl halides is 1. The van der Waals surface area contributed by atoms with Crippen LogP contribution in [0.3, 0.4) is 0 Å². The minimum Gasteiger partial charge on any atom is -0.352 e. The van der Waals surface area contributed by atoms with E-state index in [1.165, 1.54) is 24.8 Å². The predicted octanol–water partition coefficient (Wildman–Crippen LogP) is 3.68. The number of benzene rings is 1. The second-order valence-corrected chi connectivity index (χ2v) is 10.7. The van der Waals surface area contributed by atoms with E-state index in [4.69, 9.17) is 0 Å². The summed E-state index contributed by atoms with van der Waals surface area (Å²) in [6.45, 7) is 1.29. The summed E-state index contributed by atoms with van der Waals surface area (Å²) in [6, 6.07) is 8.36. The van der Waals surface area contributed by atoms with E-state index in [1.807, 2.05) is 10.7 Å². The Bertz CT molecular complexity index is 836. The van der Waals surface area contributed by atoms with Gasteiger partial charge in [0.1, 0.15) is 12.7 Å². The first-order chi connectivity index (χ1) is 13.0. The van der Waals surface area contributed by atoms with Gasteiger partial charge < -0.3 is 5.32 Å². The minimum atomic E-state index is -0.147. The monoisotopic (exact) mass is 428 g/mol. The molecule has 6 rings (SSSR count). The zero-order chi connectivity index (χ0) is 18.5. The first kappa shape index (κ1) is 17.4. The zero-order valence-electron chi connectivity index (χ0n) is 15.4. The van der Waals surface area contributed by atoms with E-state index < -0.39 is 0 Å². The maximum Gasteiger partial charge on any atom is 0.226 e. The normalized spacial score (nSPS) is 34.0. The fraction of sp³-hybridized carbons (Fsp3) is 0.571. The largest absolute Gasteiger partial charge is 0.352 e. The standard InChI is InChI=1S/C21H25BrN4O/c22-21-8-17-5-18(9-21)7-20(6-17,12-21)19(27)24-10-15-2-1-3-16(4-15)11-26-14-23-13-25-26/h1-4,13-14,17-18H,5-12H2,(H,24,27). The van der Waals surface area contributed by atoms with Crippen molar-refractivity contribution in [2.45, 2.75) is 55.9 Å². The molecule has 4 bridgehead atoms. The summed E-state index contributed by atoms with van der Waals surface area (Å²) in [5.41, 5.74) is 2.16. The lowest BCUT2D eigenvalue weighted by atomic mass is 9.49. The molecule has 27 heavy (non-hydrogen) atoms. The molecule has 0 radical (unpaired) electrons. The van der Waals surface area contributed by atoms with Gasteiger partial charge in [0.2, 0.25) is 5.91 Å². The lowest BCUT2D eigenvalue weighted by Gasteiger charge is -2.59. The van der Waals surface area contributed by atoms with Crippen molar-refractivity contribution in [1.29, 1.82) is 0 Å². The highest BCUT2D eigenvalue weighted by atomic mass is 79.9. The number of nitrogens with one attached hydrogen (secondary N) is 1. The molecule has 4 aliphatic rings. The Hall–Kier alpha value is -1.69. The Morgan fingerprint density at radius 3 is 2.70 bits per heavy atom. The van der Waals surface area contributed by atoms with Crippen molar-refractivity contribution in [2.75, 3.05) is 0 Å². The van der Waals surface area contributed by atoms with Gasteiger partial charge in [0.05, 0.1) is 12.0 Å². The van der Waals surface area contributed by atoms with Crippen LogP contribution in [0.5, 0.6) is 0 Å². The summed E-state index contributed by atoms with van der Waals surface area (Å²) in [4.78, 5) is 17.2. The molecule has 5 nitrogen and oxygen atoms in total. The maximum absolute atomic E-state index is 13.2. The number of carbonyl (C=O) groups excluding carboxylic acids is 1. The average Bonchev–Trinajstić information content (AvgIpc) is 3.11. The Morgan fingerprint density at radius 2 is 2.00 bits per heavy atom. The van der Waals surface area contributed by atoms with E-state index >= 15 is 0 Å². The maximum atomic E-state index is 13.2. The van der Waals surface area contributed by atoms with Crippen molar-refractivity contribution in [3.63, 3.8) is 0 Å². The van der Waals surface area contributed by atoms with Gasteiger partial charge in [0.15, 0.2) is 0 Å². The number of aromatic nitrogens is 3. The third-order valence-corrected chi connectivity index (χ3v) is 7.65. The van der Waals surface area contributed by atoms with E-state index in [0.717, 1.165) is 36.7 Å². The minimum absolute atomic E-state index is 0.147. The van der Waals surface area contributed by atoms with Gasteiger partial charge in [-0.2, -0.15) is 5.10 Å². The molecule has 2 unspecified atom stereocenters. The van der Waals surface area contributed by atoms with Gasteiger partial charge in [0, 0.05) is 10.9 Å². The third kappa shape index (κ3) is 3.33. The van der Waals surface area contributed by atoms with Crippen LogP contribution in [0.4, 0.5) is 0 Å². The number of carbonyl (C=O) groups is 1. The van der Waals surface area contributed by atoms with Crippen LogP contribution < -0.4 is 5.32 Å². The number of hydrogen-bond acceptors (Lipinski definition) is 3. The lowest BCUT2D eigenvalue weighted by molar-refractivity contribution is -0.144. The molecule has 1 aromatic carbocycles. The van der Waals surface area contributed by atoms with E-state index in [1.54, 1.807) is 12.7 Å². The molecule has 4 aliphatic carbocycles. The Morgan fingerprint density at radius 1 is 1.22 bits per heavy atom. The molecule has 1 N–H and O–H groups in total. The number of nitrogens with zero attached hydrogens (tertiary/aromatic N) is 3. The summed E-state index contributed by atoms with van der Waals surface area (Å²) < 4.78 is 2.02. The predicted molar refractivity (Wildman–Crippen MR) is 106 cm³/mol. The van der Waals surface area contributed by atoms with Crippen LogP contribution in [0.2, 0.25) is 0 Å². The van der Waals surface area contributed by atoms with Gasteiger partial charge in [-0.15, -0.1) is 0 Å². The van der Waals surface area contributed by atoms with Crippen LogP contribution in [0.25, 0.3) is 0 Å². The molecule has 0 spiro atoms. The number of amides is 1. The van der Waals surface area contributed by atoms with Crippen molar-refractivity contribution in [3.05, 3.63) is 48.0 Å². The van der Waals surface area contributed by atoms with Crippen LogP contribution in [0.15, 0.2) is 36.9 Å².